The molecule has 1 aromatic carbocycles. The van der Waals surface area contributed by atoms with Crippen molar-refractivity contribution in [3.05, 3.63) is 24.3 Å². The third-order valence-electron chi connectivity index (χ3n) is 2.84. The molecule has 0 aliphatic rings. The smallest absolute Gasteiger partial charge is 0.240 e. The number of phenols is 1. The molecule has 0 bridgehead atoms. The summed E-state index contributed by atoms with van der Waals surface area (Å²) in [5, 5.41) is 21.3. The minimum absolute atomic E-state index is 0.168. The molecule has 8 nitrogen and oxygen atoms in total. The van der Waals surface area contributed by atoms with Crippen molar-refractivity contribution in [1.82, 2.24) is 25.6 Å². The highest BCUT2D eigenvalue weighted by molar-refractivity contribution is 7.99. The molecule has 0 saturated heterocycles. The summed E-state index contributed by atoms with van der Waals surface area (Å²) in [5.41, 5.74) is 2.23. The van der Waals surface area contributed by atoms with Crippen molar-refractivity contribution in [2.45, 2.75) is 19.0 Å². The van der Waals surface area contributed by atoms with Gasteiger partial charge in [0, 0.05) is 5.75 Å². The van der Waals surface area contributed by atoms with Crippen molar-refractivity contribution in [2.24, 2.45) is 11.3 Å². The second-order valence-corrected chi connectivity index (χ2v) is 5.98. The van der Waals surface area contributed by atoms with Crippen LogP contribution in [0.2, 0.25) is 0 Å². The van der Waals surface area contributed by atoms with E-state index in [0.717, 1.165) is 5.69 Å². The highest BCUT2D eigenvalue weighted by atomic mass is 32.2. The van der Waals surface area contributed by atoms with Crippen LogP contribution >= 0.6 is 11.8 Å². The maximum Gasteiger partial charge on any atom is 0.240 e. The van der Waals surface area contributed by atoms with E-state index in [0.29, 0.717) is 10.9 Å². The second-order valence-electron chi connectivity index (χ2n) is 5.04. The van der Waals surface area contributed by atoms with Gasteiger partial charge in [-0.3, -0.25) is 10.2 Å². The predicted molar refractivity (Wildman–Crippen MR) is 77.7 cm³/mol. The number of phenolic OH excluding ortho intramolecular Hbond substituents is 1. The fourth-order valence-electron chi connectivity index (χ4n) is 1.53. The van der Waals surface area contributed by atoms with Gasteiger partial charge in [0.2, 0.25) is 11.1 Å². The summed E-state index contributed by atoms with van der Waals surface area (Å²) in [5.74, 6) is 5.55. The number of hydrogen-bond acceptors (Lipinski definition) is 7. The average molecular weight is 308 g/mol. The Kier molecular flexibility index (Phi) is 4.43. The first-order chi connectivity index (χ1) is 9.94. The SMILES string of the molecule is CC(C)(CSc1nnnn1-c1ccc(O)cc1)C(=O)NN. The number of nitrogens with one attached hydrogen (secondary N) is 1. The van der Waals surface area contributed by atoms with Gasteiger partial charge in [-0.15, -0.1) is 5.10 Å². The fourth-order valence-corrected chi connectivity index (χ4v) is 2.51. The van der Waals surface area contributed by atoms with Crippen molar-refractivity contribution in [3.8, 4) is 11.4 Å². The Hall–Kier alpha value is -2.13. The molecule has 0 aliphatic carbocycles. The summed E-state index contributed by atoms with van der Waals surface area (Å²) in [6.07, 6.45) is 0. The van der Waals surface area contributed by atoms with Crippen LogP contribution in [0.3, 0.4) is 0 Å². The van der Waals surface area contributed by atoms with E-state index < -0.39 is 5.41 Å². The molecule has 112 valence electrons. The number of tetrazole rings is 1. The van der Waals surface area contributed by atoms with Gasteiger partial charge in [-0.25, -0.2) is 5.84 Å². The zero-order chi connectivity index (χ0) is 15.5. The Bertz CT molecular complexity index is 625. The normalized spacial score (nSPS) is 11.4. The molecule has 9 heteroatoms. The molecule has 1 amide bonds. The third-order valence-corrected chi connectivity index (χ3v) is 4.22. The molecule has 1 aromatic heterocycles. The summed E-state index contributed by atoms with van der Waals surface area (Å²) < 4.78 is 1.54. The number of hydrogen-bond donors (Lipinski definition) is 3. The lowest BCUT2D eigenvalue weighted by Crippen LogP contribution is -2.42. The number of thioether (sulfide) groups is 1. The largest absolute Gasteiger partial charge is 0.508 e. The topological polar surface area (TPSA) is 119 Å². The third kappa shape index (κ3) is 3.50. The van der Waals surface area contributed by atoms with E-state index in [-0.39, 0.29) is 11.7 Å². The summed E-state index contributed by atoms with van der Waals surface area (Å²) in [7, 11) is 0. The average Bonchev–Trinajstić information content (AvgIpc) is 2.93. The Morgan fingerprint density at radius 2 is 2.10 bits per heavy atom. The van der Waals surface area contributed by atoms with E-state index in [1.165, 1.54) is 11.8 Å². The lowest BCUT2D eigenvalue weighted by Gasteiger charge is -2.21. The molecule has 4 N–H and O–H groups in total. The number of hydrazine groups is 1. The molecule has 2 rings (SSSR count). The summed E-state index contributed by atoms with van der Waals surface area (Å²) in [6, 6.07) is 6.51. The molecule has 0 spiro atoms. The number of carbonyl (C=O) groups excluding carboxylic acids is 1. The van der Waals surface area contributed by atoms with Crippen LogP contribution in [-0.2, 0) is 4.79 Å². The van der Waals surface area contributed by atoms with Crippen LogP contribution in [0.1, 0.15) is 13.8 Å². The number of benzene rings is 1. The van der Waals surface area contributed by atoms with Crippen molar-refractivity contribution in [1.29, 1.82) is 0 Å². The first-order valence-electron chi connectivity index (χ1n) is 6.15. The summed E-state index contributed by atoms with van der Waals surface area (Å²) >= 11 is 1.35. The fraction of sp³-hybridized carbons (Fsp3) is 0.333. The standard InChI is InChI=1S/C12H16N6O2S/c1-12(2,10(20)14-13)7-21-11-15-16-17-18(11)8-3-5-9(19)6-4-8/h3-6,19H,7,13H2,1-2H3,(H,14,20). The zero-order valence-corrected chi connectivity index (χ0v) is 12.5. The Morgan fingerprint density at radius 1 is 1.43 bits per heavy atom. The molecule has 0 fully saturated rings. The number of carbonyl (C=O) groups is 1. The van der Waals surface area contributed by atoms with E-state index >= 15 is 0 Å². The molecule has 21 heavy (non-hydrogen) atoms. The van der Waals surface area contributed by atoms with Gasteiger partial charge in [0.1, 0.15) is 5.75 Å². The van der Waals surface area contributed by atoms with Crippen LogP contribution in [0.15, 0.2) is 29.4 Å². The molecule has 1 heterocycles. The lowest BCUT2D eigenvalue weighted by molar-refractivity contribution is -0.128. The number of rotatable bonds is 5. The van der Waals surface area contributed by atoms with Gasteiger partial charge < -0.3 is 5.11 Å². The molecular formula is C12H16N6O2S. The quantitative estimate of drug-likeness (QED) is 0.318. The van der Waals surface area contributed by atoms with E-state index in [4.69, 9.17) is 5.84 Å². The molecule has 0 aliphatic heterocycles. The maximum absolute atomic E-state index is 11.6. The van der Waals surface area contributed by atoms with Gasteiger partial charge in [0.05, 0.1) is 11.1 Å². The molecule has 0 saturated carbocycles. The zero-order valence-electron chi connectivity index (χ0n) is 11.6. The van der Waals surface area contributed by atoms with Gasteiger partial charge in [0.15, 0.2) is 0 Å². The number of aromatic hydroxyl groups is 1. The Morgan fingerprint density at radius 3 is 2.71 bits per heavy atom. The van der Waals surface area contributed by atoms with E-state index in [9.17, 15) is 9.90 Å². The van der Waals surface area contributed by atoms with E-state index in [1.54, 1.807) is 42.8 Å². The van der Waals surface area contributed by atoms with Crippen LogP contribution in [0, 0.1) is 5.41 Å². The van der Waals surface area contributed by atoms with Gasteiger partial charge in [-0.1, -0.05) is 25.6 Å². The molecule has 2 aromatic rings. The summed E-state index contributed by atoms with van der Waals surface area (Å²) in [4.78, 5) is 11.6. The first kappa shape index (κ1) is 15.3. The lowest BCUT2D eigenvalue weighted by atomic mass is 9.96. The van der Waals surface area contributed by atoms with Crippen molar-refractivity contribution in [2.75, 3.05) is 5.75 Å². The Balaban J connectivity index is 2.14. The van der Waals surface area contributed by atoms with Gasteiger partial charge in [0.25, 0.3) is 0 Å². The van der Waals surface area contributed by atoms with Crippen LogP contribution in [0.25, 0.3) is 5.69 Å². The molecule has 0 atom stereocenters. The highest BCUT2D eigenvalue weighted by Crippen LogP contribution is 2.27. The molecular weight excluding hydrogens is 292 g/mol. The number of amides is 1. The van der Waals surface area contributed by atoms with Gasteiger partial charge in [-0.05, 0) is 34.7 Å². The second kappa shape index (κ2) is 6.10. The highest BCUT2D eigenvalue weighted by Gasteiger charge is 2.28. The maximum atomic E-state index is 11.6. The van der Waals surface area contributed by atoms with Crippen LogP contribution in [-0.4, -0.2) is 37.0 Å². The Labute approximate surface area is 125 Å². The number of aromatic nitrogens is 4. The predicted octanol–water partition coefficient (Wildman–Crippen LogP) is 0.476. The number of nitrogens with zero attached hydrogens (tertiary/aromatic N) is 4. The minimum atomic E-state index is -0.648. The molecule has 0 radical (unpaired) electrons. The van der Waals surface area contributed by atoms with Crippen molar-refractivity contribution >= 4 is 17.7 Å². The van der Waals surface area contributed by atoms with Crippen molar-refractivity contribution in [3.63, 3.8) is 0 Å². The first-order valence-corrected chi connectivity index (χ1v) is 7.14. The minimum Gasteiger partial charge on any atom is -0.508 e. The van der Waals surface area contributed by atoms with Gasteiger partial charge >= 0.3 is 0 Å². The summed E-state index contributed by atoms with van der Waals surface area (Å²) in [6.45, 7) is 3.58. The number of nitrogens with two attached hydrogens (primary N) is 1. The molecule has 0 unspecified atom stereocenters. The van der Waals surface area contributed by atoms with Crippen LogP contribution in [0.5, 0.6) is 5.75 Å². The van der Waals surface area contributed by atoms with E-state index in [1.807, 2.05) is 0 Å². The van der Waals surface area contributed by atoms with Crippen LogP contribution < -0.4 is 11.3 Å². The van der Waals surface area contributed by atoms with Crippen LogP contribution in [0.4, 0.5) is 0 Å². The van der Waals surface area contributed by atoms with E-state index in [2.05, 4.69) is 21.0 Å². The monoisotopic (exact) mass is 308 g/mol. The van der Waals surface area contributed by atoms with Crippen molar-refractivity contribution < 1.29 is 9.90 Å². The van der Waals surface area contributed by atoms with Gasteiger partial charge in [-0.2, -0.15) is 4.68 Å².